The number of hydrogen-bond donors (Lipinski definition) is 1. The van der Waals surface area contributed by atoms with E-state index in [1.807, 2.05) is 49.4 Å². The van der Waals surface area contributed by atoms with E-state index in [9.17, 15) is 4.79 Å². The highest BCUT2D eigenvalue weighted by atomic mass is 35.5. The minimum atomic E-state index is -0.456. The average molecular weight is 467 g/mol. The zero-order valence-corrected chi connectivity index (χ0v) is 19.7. The largest absolute Gasteiger partial charge is 0.497 e. The SMILES string of the molecule is CCCCCN1C(=O)NC(c2cccc(Cl)c2)C(c2nc(-c3ccc(OC)cc3)no2)=C1C. The molecule has 0 fully saturated rings. The number of ether oxygens (including phenoxy) is 1. The maximum atomic E-state index is 13.0. The molecule has 2 heterocycles. The predicted molar refractivity (Wildman–Crippen MR) is 128 cm³/mol. The Morgan fingerprint density at radius 3 is 2.67 bits per heavy atom. The molecule has 172 valence electrons. The molecule has 1 atom stereocenters. The van der Waals surface area contributed by atoms with E-state index in [4.69, 9.17) is 20.9 Å². The van der Waals surface area contributed by atoms with Gasteiger partial charge in [0.2, 0.25) is 5.82 Å². The molecule has 0 saturated heterocycles. The number of nitrogens with one attached hydrogen (secondary N) is 1. The molecule has 3 aromatic rings. The van der Waals surface area contributed by atoms with E-state index in [-0.39, 0.29) is 6.03 Å². The average Bonchev–Trinajstić information content (AvgIpc) is 3.30. The van der Waals surface area contributed by atoms with Crippen LogP contribution < -0.4 is 10.1 Å². The molecule has 0 aliphatic carbocycles. The molecule has 1 aromatic heterocycles. The van der Waals surface area contributed by atoms with E-state index in [0.29, 0.717) is 23.3 Å². The van der Waals surface area contributed by atoms with Crippen LogP contribution in [0.3, 0.4) is 0 Å². The monoisotopic (exact) mass is 466 g/mol. The van der Waals surface area contributed by atoms with Crippen molar-refractivity contribution in [3.8, 4) is 17.1 Å². The van der Waals surface area contributed by atoms with Crippen LogP contribution in [0.5, 0.6) is 5.75 Å². The van der Waals surface area contributed by atoms with Crippen LogP contribution in [0.2, 0.25) is 5.02 Å². The van der Waals surface area contributed by atoms with E-state index in [0.717, 1.165) is 47.4 Å². The molecule has 1 N–H and O–H groups in total. The Morgan fingerprint density at radius 2 is 1.97 bits per heavy atom. The summed E-state index contributed by atoms with van der Waals surface area (Å²) in [7, 11) is 1.62. The normalized spacial score (nSPS) is 16.2. The van der Waals surface area contributed by atoms with E-state index in [1.165, 1.54) is 0 Å². The van der Waals surface area contributed by atoms with Crippen LogP contribution in [0.15, 0.2) is 58.8 Å². The van der Waals surface area contributed by atoms with Gasteiger partial charge in [-0.15, -0.1) is 0 Å². The minimum Gasteiger partial charge on any atom is -0.497 e. The molecule has 33 heavy (non-hydrogen) atoms. The Kier molecular flexibility index (Phi) is 6.99. The highest BCUT2D eigenvalue weighted by molar-refractivity contribution is 6.30. The molecule has 1 aliphatic heterocycles. The lowest BCUT2D eigenvalue weighted by molar-refractivity contribution is 0.204. The first-order chi connectivity index (χ1) is 16.0. The highest BCUT2D eigenvalue weighted by Crippen LogP contribution is 2.38. The Labute approximate surface area is 198 Å². The van der Waals surface area contributed by atoms with Crippen LogP contribution in [-0.4, -0.2) is 34.7 Å². The number of amides is 2. The van der Waals surface area contributed by atoms with E-state index < -0.39 is 6.04 Å². The van der Waals surface area contributed by atoms with Gasteiger partial charge in [-0.3, -0.25) is 4.90 Å². The second-order valence-corrected chi connectivity index (χ2v) is 8.38. The third-order valence-electron chi connectivity index (χ3n) is 5.77. The van der Waals surface area contributed by atoms with Gasteiger partial charge in [0.05, 0.1) is 18.7 Å². The Hall–Kier alpha value is -3.32. The van der Waals surface area contributed by atoms with Gasteiger partial charge in [0.25, 0.3) is 5.89 Å². The van der Waals surface area contributed by atoms with Crippen molar-refractivity contribution in [2.75, 3.05) is 13.7 Å². The molecular weight excluding hydrogens is 440 g/mol. The quantitative estimate of drug-likeness (QED) is 0.406. The van der Waals surface area contributed by atoms with E-state index >= 15 is 0 Å². The fourth-order valence-corrected chi connectivity index (χ4v) is 4.17. The summed E-state index contributed by atoms with van der Waals surface area (Å²) in [5, 5.41) is 7.90. The second-order valence-electron chi connectivity index (χ2n) is 7.95. The lowest BCUT2D eigenvalue weighted by Crippen LogP contribution is -2.46. The Bertz CT molecular complexity index is 1160. The molecule has 1 aliphatic rings. The number of rotatable bonds is 8. The molecule has 1 unspecified atom stereocenters. The number of unbranched alkanes of at least 4 members (excludes halogenated alkanes) is 2. The predicted octanol–water partition coefficient (Wildman–Crippen LogP) is 6.09. The van der Waals surface area contributed by atoms with Crippen molar-refractivity contribution < 1.29 is 14.1 Å². The number of carbonyl (C=O) groups is 1. The lowest BCUT2D eigenvalue weighted by atomic mass is 9.94. The van der Waals surface area contributed by atoms with Gasteiger partial charge in [-0.2, -0.15) is 4.98 Å². The Balaban J connectivity index is 1.75. The summed E-state index contributed by atoms with van der Waals surface area (Å²) in [4.78, 5) is 19.4. The van der Waals surface area contributed by atoms with Crippen LogP contribution in [-0.2, 0) is 0 Å². The first-order valence-corrected chi connectivity index (χ1v) is 11.4. The van der Waals surface area contributed by atoms with Crippen molar-refractivity contribution in [2.24, 2.45) is 0 Å². The van der Waals surface area contributed by atoms with Crippen molar-refractivity contribution >= 4 is 23.2 Å². The zero-order valence-electron chi connectivity index (χ0n) is 19.0. The molecule has 8 heteroatoms. The van der Waals surface area contributed by atoms with Gasteiger partial charge < -0.3 is 14.6 Å². The first-order valence-electron chi connectivity index (χ1n) is 11.0. The summed E-state index contributed by atoms with van der Waals surface area (Å²) in [6.07, 6.45) is 3.04. The van der Waals surface area contributed by atoms with Crippen molar-refractivity contribution in [2.45, 2.75) is 39.2 Å². The van der Waals surface area contributed by atoms with E-state index in [2.05, 4.69) is 22.4 Å². The number of halogens is 1. The standard InChI is InChI=1S/C25H27ClN4O3/c1-4-5-6-14-30-16(2)21(22(27-25(30)31)18-8-7-9-19(26)15-18)24-28-23(29-33-24)17-10-12-20(32-3)13-11-17/h7-13,15,22H,4-6,14H2,1-3H3,(H,27,31). The van der Waals surface area contributed by atoms with Crippen molar-refractivity contribution in [3.63, 3.8) is 0 Å². The lowest BCUT2D eigenvalue weighted by Gasteiger charge is -2.35. The van der Waals surface area contributed by atoms with Gasteiger partial charge in [0.15, 0.2) is 0 Å². The summed E-state index contributed by atoms with van der Waals surface area (Å²) in [6, 6.07) is 14.3. The van der Waals surface area contributed by atoms with Crippen molar-refractivity contribution in [1.29, 1.82) is 0 Å². The molecule has 0 saturated carbocycles. The summed E-state index contributed by atoms with van der Waals surface area (Å²) in [5.41, 5.74) is 3.22. The minimum absolute atomic E-state index is 0.146. The number of aromatic nitrogens is 2. The molecule has 2 aromatic carbocycles. The first kappa shape index (κ1) is 22.9. The van der Waals surface area contributed by atoms with Gasteiger partial charge >= 0.3 is 6.03 Å². The fraction of sp³-hybridized carbons (Fsp3) is 0.320. The molecule has 0 spiro atoms. The fourth-order valence-electron chi connectivity index (χ4n) is 3.97. The van der Waals surface area contributed by atoms with Gasteiger partial charge in [0.1, 0.15) is 5.75 Å². The van der Waals surface area contributed by atoms with Crippen LogP contribution in [0.25, 0.3) is 17.0 Å². The number of hydrogen-bond acceptors (Lipinski definition) is 5. The number of nitrogens with zero attached hydrogens (tertiary/aromatic N) is 3. The second kappa shape index (κ2) is 10.1. The van der Waals surface area contributed by atoms with Crippen LogP contribution in [0.4, 0.5) is 4.79 Å². The summed E-state index contributed by atoms with van der Waals surface area (Å²) >= 11 is 6.25. The van der Waals surface area contributed by atoms with Gasteiger partial charge in [-0.05, 0) is 55.3 Å². The summed E-state index contributed by atoms with van der Waals surface area (Å²) in [6.45, 7) is 4.68. The maximum Gasteiger partial charge on any atom is 0.322 e. The molecular formula is C25H27ClN4O3. The smallest absolute Gasteiger partial charge is 0.322 e. The molecule has 0 bridgehead atoms. The number of benzene rings is 2. The molecule has 7 nitrogen and oxygen atoms in total. The van der Waals surface area contributed by atoms with Gasteiger partial charge in [0, 0.05) is 22.8 Å². The van der Waals surface area contributed by atoms with Crippen LogP contribution >= 0.6 is 11.6 Å². The number of methoxy groups -OCH3 is 1. The summed E-state index contributed by atoms with van der Waals surface area (Å²) < 4.78 is 10.9. The third-order valence-corrected chi connectivity index (χ3v) is 6.00. The number of allylic oxidation sites excluding steroid dienone is 1. The highest BCUT2D eigenvalue weighted by Gasteiger charge is 2.35. The van der Waals surface area contributed by atoms with Gasteiger partial charge in [-0.1, -0.05) is 48.7 Å². The Morgan fingerprint density at radius 1 is 1.18 bits per heavy atom. The van der Waals surface area contributed by atoms with Crippen molar-refractivity contribution in [1.82, 2.24) is 20.4 Å². The molecule has 0 radical (unpaired) electrons. The van der Waals surface area contributed by atoms with Crippen LogP contribution in [0, 0.1) is 0 Å². The van der Waals surface area contributed by atoms with E-state index in [1.54, 1.807) is 18.1 Å². The molecule has 4 rings (SSSR count). The maximum absolute atomic E-state index is 13.0. The van der Waals surface area contributed by atoms with Gasteiger partial charge in [-0.25, -0.2) is 4.79 Å². The number of carbonyl (C=O) groups excluding carboxylic acids is 1. The third kappa shape index (κ3) is 4.88. The van der Waals surface area contributed by atoms with Crippen LogP contribution in [0.1, 0.15) is 50.6 Å². The summed E-state index contributed by atoms with van der Waals surface area (Å²) in [5.74, 6) is 1.58. The zero-order chi connectivity index (χ0) is 23.4. The topological polar surface area (TPSA) is 80.5 Å². The number of urea groups is 1. The van der Waals surface area contributed by atoms with Crippen molar-refractivity contribution in [3.05, 3.63) is 70.7 Å². The molecule has 2 amide bonds.